The van der Waals surface area contributed by atoms with Gasteiger partial charge in [-0.2, -0.15) is 0 Å². The molecule has 17 heavy (non-hydrogen) atoms. The molecule has 0 spiro atoms. The van der Waals surface area contributed by atoms with Crippen LogP contribution in [0.5, 0.6) is 0 Å². The van der Waals surface area contributed by atoms with E-state index in [1.54, 1.807) is 6.92 Å². The average molecular weight is 244 g/mol. The second-order valence-electron chi connectivity index (χ2n) is 2.91. The first-order valence-electron chi connectivity index (χ1n) is 5.27. The van der Waals surface area contributed by atoms with Gasteiger partial charge in [-0.05, 0) is 13.3 Å². The Morgan fingerprint density at radius 3 is 2.06 bits per heavy atom. The quantitative estimate of drug-likeness (QED) is 0.371. The Morgan fingerprint density at radius 2 is 1.53 bits per heavy atom. The van der Waals surface area contributed by atoms with Crippen molar-refractivity contribution in [1.29, 1.82) is 0 Å². The van der Waals surface area contributed by atoms with E-state index >= 15 is 0 Å². The number of ether oxygens (including phenoxy) is 3. The molecule has 0 aliphatic rings. The van der Waals surface area contributed by atoms with E-state index in [1.807, 2.05) is 6.92 Å². The van der Waals surface area contributed by atoms with Crippen molar-refractivity contribution in [2.24, 2.45) is 0 Å². The summed E-state index contributed by atoms with van der Waals surface area (Å²) in [5, 5.41) is 0. The molecule has 0 atom stereocenters. The smallest absolute Gasteiger partial charge is 0.344 e. The number of hydrogen-bond donors (Lipinski definition) is 0. The van der Waals surface area contributed by atoms with E-state index in [1.165, 1.54) is 0 Å². The van der Waals surface area contributed by atoms with E-state index in [4.69, 9.17) is 0 Å². The topological polar surface area (TPSA) is 78.9 Å². The van der Waals surface area contributed by atoms with Gasteiger partial charge >= 0.3 is 17.9 Å². The van der Waals surface area contributed by atoms with Crippen LogP contribution in [0.3, 0.4) is 0 Å². The maximum Gasteiger partial charge on any atom is 0.344 e. The molecular weight excluding hydrogens is 228 g/mol. The molecule has 0 aromatic heterocycles. The molecule has 0 bridgehead atoms. The van der Waals surface area contributed by atoms with Crippen molar-refractivity contribution < 1.29 is 28.6 Å². The molecule has 0 radical (unpaired) electrons. The first-order valence-corrected chi connectivity index (χ1v) is 5.27. The van der Waals surface area contributed by atoms with Crippen molar-refractivity contribution >= 4 is 17.9 Å². The van der Waals surface area contributed by atoms with Gasteiger partial charge in [0.2, 0.25) is 0 Å². The third kappa shape index (κ3) is 9.10. The molecule has 0 heterocycles. The molecule has 0 amide bonds. The zero-order chi connectivity index (χ0) is 13.1. The van der Waals surface area contributed by atoms with Gasteiger partial charge in [-0.3, -0.25) is 0 Å². The maximum absolute atomic E-state index is 11.0. The lowest BCUT2D eigenvalue weighted by atomic mass is 10.5. The van der Waals surface area contributed by atoms with Gasteiger partial charge in [0.1, 0.15) is 0 Å². The lowest BCUT2D eigenvalue weighted by Gasteiger charge is -2.02. The zero-order valence-electron chi connectivity index (χ0n) is 9.93. The van der Waals surface area contributed by atoms with E-state index in [0.717, 1.165) is 12.2 Å². The first kappa shape index (κ1) is 15.2. The van der Waals surface area contributed by atoms with Gasteiger partial charge in [-0.15, -0.1) is 0 Å². The molecule has 96 valence electrons. The van der Waals surface area contributed by atoms with Crippen molar-refractivity contribution in [1.82, 2.24) is 0 Å². The van der Waals surface area contributed by atoms with Crippen LogP contribution >= 0.6 is 0 Å². The Morgan fingerprint density at radius 1 is 0.941 bits per heavy atom. The minimum Gasteiger partial charge on any atom is -0.463 e. The fraction of sp³-hybridized carbons (Fsp3) is 0.545. The molecular formula is C11H16O6. The van der Waals surface area contributed by atoms with Gasteiger partial charge < -0.3 is 14.2 Å². The Kier molecular flexibility index (Phi) is 8.36. The summed E-state index contributed by atoms with van der Waals surface area (Å²) in [5.74, 6) is -2.06. The molecule has 0 saturated carbocycles. The van der Waals surface area contributed by atoms with Crippen LogP contribution in [0.25, 0.3) is 0 Å². The summed E-state index contributed by atoms with van der Waals surface area (Å²) in [4.78, 5) is 32.8. The van der Waals surface area contributed by atoms with E-state index in [0.29, 0.717) is 6.42 Å². The molecule has 0 unspecified atom stereocenters. The molecule has 0 N–H and O–H groups in total. The van der Waals surface area contributed by atoms with Crippen LogP contribution in [0.2, 0.25) is 0 Å². The fourth-order valence-electron chi connectivity index (χ4n) is 0.762. The Labute approximate surface area is 99.5 Å². The molecule has 0 aromatic rings. The summed E-state index contributed by atoms with van der Waals surface area (Å²) < 4.78 is 13.7. The van der Waals surface area contributed by atoms with Crippen LogP contribution in [-0.2, 0) is 28.6 Å². The molecule has 0 aliphatic heterocycles. The van der Waals surface area contributed by atoms with Gasteiger partial charge in [0, 0.05) is 12.2 Å². The maximum atomic E-state index is 11.0. The highest BCUT2D eigenvalue weighted by atomic mass is 16.6. The lowest BCUT2D eigenvalue weighted by Crippen LogP contribution is -2.15. The highest BCUT2D eigenvalue weighted by Crippen LogP contribution is 1.88. The van der Waals surface area contributed by atoms with Crippen LogP contribution in [0.1, 0.15) is 20.3 Å². The first-order chi connectivity index (χ1) is 8.10. The summed E-state index contributed by atoms with van der Waals surface area (Å²) in [6.45, 7) is 3.54. The van der Waals surface area contributed by atoms with Crippen LogP contribution in [0.4, 0.5) is 0 Å². The van der Waals surface area contributed by atoms with Gasteiger partial charge in [-0.25, -0.2) is 14.4 Å². The van der Waals surface area contributed by atoms with E-state index in [9.17, 15) is 14.4 Å². The molecule has 0 fully saturated rings. The molecule has 0 aromatic carbocycles. The zero-order valence-corrected chi connectivity index (χ0v) is 9.93. The van der Waals surface area contributed by atoms with Crippen LogP contribution in [0.15, 0.2) is 12.2 Å². The SMILES string of the molecule is CCCOC(=O)COC(=O)/C=C\C(=O)OCC. The van der Waals surface area contributed by atoms with Gasteiger partial charge in [0.05, 0.1) is 13.2 Å². The number of carbonyl (C=O) groups is 3. The predicted molar refractivity (Wildman–Crippen MR) is 58.0 cm³/mol. The summed E-state index contributed by atoms with van der Waals surface area (Å²) in [5.41, 5.74) is 0. The average Bonchev–Trinajstić information content (AvgIpc) is 2.31. The third-order valence-corrected chi connectivity index (χ3v) is 1.44. The predicted octanol–water partition coefficient (Wildman–Crippen LogP) is 0.602. The van der Waals surface area contributed by atoms with Crippen LogP contribution in [-0.4, -0.2) is 37.7 Å². The molecule has 0 aliphatic carbocycles. The van der Waals surface area contributed by atoms with Crippen LogP contribution < -0.4 is 0 Å². The second kappa shape index (κ2) is 9.38. The second-order valence-corrected chi connectivity index (χ2v) is 2.91. The van der Waals surface area contributed by atoms with E-state index in [2.05, 4.69) is 14.2 Å². The fourth-order valence-corrected chi connectivity index (χ4v) is 0.762. The third-order valence-electron chi connectivity index (χ3n) is 1.44. The van der Waals surface area contributed by atoms with Crippen molar-refractivity contribution in [2.45, 2.75) is 20.3 Å². The largest absolute Gasteiger partial charge is 0.463 e. The Bertz CT molecular complexity index is 294. The molecule has 0 saturated heterocycles. The van der Waals surface area contributed by atoms with E-state index < -0.39 is 24.5 Å². The van der Waals surface area contributed by atoms with Crippen molar-refractivity contribution in [3.8, 4) is 0 Å². The number of rotatable bonds is 7. The summed E-state index contributed by atoms with van der Waals surface area (Å²) in [7, 11) is 0. The normalized spacial score (nSPS) is 10.0. The highest BCUT2D eigenvalue weighted by Gasteiger charge is 2.06. The summed E-state index contributed by atoms with van der Waals surface area (Å²) in [6, 6.07) is 0. The van der Waals surface area contributed by atoms with Crippen molar-refractivity contribution in [3.63, 3.8) is 0 Å². The molecule has 6 heteroatoms. The van der Waals surface area contributed by atoms with Gasteiger partial charge in [-0.1, -0.05) is 6.92 Å². The molecule has 0 rings (SSSR count). The number of esters is 3. The minimum atomic E-state index is -0.800. The van der Waals surface area contributed by atoms with Gasteiger partial charge in [0.15, 0.2) is 6.61 Å². The molecule has 6 nitrogen and oxygen atoms in total. The van der Waals surface area contributed by atoms with Crippen LogP contribution in [0, 0.1) is 0 Å². The van der Waals surface area contributed by atoms with Crippen molar-refractivity contribution in [3.05, 3.63) is 12.2 Å². The summed E-state index contributed by atoms with van der Waals surface area (Å²) >= 11 is 0. The summed E-state index contributed by atoms with van der Waals surface area (Å²) in [6.07, 6.45) is 2.52. The number of hydrogen-bond acceptors (Lipinski definition) is 6. The van der Waals surface area contributed by atoms with Gasteiger partial charge in [0.25, 0.3) is 0 Å². The Hall–Kier alpha value is -1.85. The van der Waals surface area contributed by atoms with E-state index in [-0.39, 0.29) is 13.2 Å². The minimum absolute atomic E-state index is 0.224. The standard InChI is InChI=1S/C11H16O6/c1-3-7-16-11(14)8-17-10(13)6-5-9(12)15-4-2/h5-6H,3-4,7-8H2,1-2H3/b6-5-. The monoisotopic (exact) mass is 244 g/mol. The lowest BCUT2D eigenvalue weighted by molar-refractivity contribution is -0.156. The number of carbonyl (C=O) groups excluding carboxylic acids is 3. The highest BCUT2D eigenvalue weighted by molar-refractivity contribution is 5.92. The van der Waals surface area contributed by atoms with Crippen molar-refractivity contribution in [2.75, 3.05) is 19.8 Å². The Balaban J connectivity index is 3.79.